The molecule has 3 rings (SSSR count). The van der Waals surface area contributed by atoms with Gasteiger partial charge in [-0.1, -0.05) is 26.0 Å². The quantitative estimate of drug-likeness (QED) is 0.681. The third-order valence-corrected chi connectivity index (χ3v) is 5.70. The van der Waals surface area contributed by atoms with Crippen molar-refractivity contribution in [3.63, 3.8) is 0 Å². The number of nitrogens with one attached hydrogen (secondary N) is 1. The van der Waals surface area contributed by atoms with E-state index in [0.29, 0.717) is 0 Å². The molecule has 2 aromatic heterocycles. The molecule has 0 spiro atoms. The Bertz CT molecular complexity index is 878. The Labute approximate surface area is 156 Å². The molecule has 1 amide bonds. The van der Waals surface area contributed by atoms with Crippen molar-refractivity contribution in [2.75, 3.05) is 5.32 Å². The number of aromatic nitrogens is 2. The van der Waals surface area contributed by atoms with Crippen molar-refractivity contribution < 1.29 is 4.79 Å². The van der Waals surface area contributed by atoms with Crippen LogP contribution in [-0.4, -0.2) is 15.9 Å². The van der Waals surface area contributed by atoms with Crippen LogP contribution < -0.4 is 5.32 Å². The predicted octanol–water partition coefficient (Wildman–Crippen LogP) is 5.07. The van der Waals surface area contributed by atoms with Crippen LogP contribution in [0.15, 0.2) is 29.6 Å². The highest BCUT2D eigenvalue weighted by Gasteiger charge is 2.12. The number of amides is 1. The first-order valence-corrected chi connectivity index (χ1v) is 9.90. The highest BCUT2D eigenvalue weighted by atomic mass is 32.1. The second-order valence-corrected chi connectivity index (χ2v) is 8.52. The number of aryl methyl sites for hydroxylation is 2. The van der Waals surface area contributed by atoms with Gasteiger partial charge in [-0.2, -0.15) is 0 Å². The molecule has 130 valence electrons. The molecule has 6 heteroatoms. The zero-order chi connectivity index (χ0) is 18.0. The van der Waals surface area contributed by atoms with Gasteiger partial charge < -0.3 is 5.32 Å². The predicted molar refractivity (Wildman–Crippen MR) is 105 cm³/mol. The third-order valence-electron chi connectivity index (χ3n) is 3.76. The van der Waals surface area contributed by atoms with Crippen molar-refractivity contribution in [2.24, 2.45) is 5.92 Å². The smallest absolute Gasteiger partial charge is 0.226 e. The number of benzene rings is 1. The largest absolute Gasteiger partial charge is 0.326 e. The van der Waals surface area contributed by atoms with Crippen LogP contribution >= 0.6 is 22.7 Å². The molecule has 1 aromatic carbocycles. The average Bonchev–Trinajstić information content (AvgIpc) is 3.14. The number of carbonyl (C=O) groups excluding carboxylic acids is 1. The zero-order valence-electron chi connectivity index (χ0n) is 14.8. The summed E-state index contributed by atoms with van der Waals surface area (Å²) in [6, 6.07) is 7.88. The molecule has 0 aliphatic heterocycles. The maximum Gasteiger partial charge on any atom is 0.226 e. The first kappa shape index (κ1) is 17.8. The molecular formula is C19H21N3OS2. The van der Waals surface area contributed by atoms with Gasteiger partial charge in [0.2, 0.25) is 5.91 Å². The molecule has 0 aliphatic carbocycles. The maximum atomic E-state index is 11.8. The molecule has 0 unspecified atom stereocenters. The molecule has 0 aliphatic rings. The molecule has 4 nitrogen and oxygen atoms in total. The van der Waals surface area contributed by atoms with E-state index in [4.69, 9.17) is 4.98 Å². The Morgan fingerprint density at radius 1 is 1.12 bits per heavy atom. The van der Waals surface area contributed by atoms with E-state index in [1.54, 1.807) is 22.7 Å². The molecule has 0 bridgehead atoms. The molecule has 0 saturated heterocycles. The Kier molecular flexibility index (Phi) is 5.30. The van der Waals surface area contributed by atoms with Gasteiger partial charge in [0.15, 0.2) is 0 Å². The average molecular weight is 372 g/mol. The molecule has 25 heavy (non-hydrogen) atoms. The van der Waals surface area contributed by atoms with Crippen molar-refractivity contribution in [1.29, 1.82) is 0 Å². The van der Waals surface area contributed by atoms with Crippen LogP contribution in [0.5, 0.6) is 0 Å². The van der Waals surface area contributed by atoms with Gasteiger partial charge in [0.1, 0.15) is 5.01 Å². The summed E-state index contributed by atoms with van der Waals surface area (Å²) >= 11 is 3.40. The number of nitrogens with zero attached hydrogens (tertiary/aromatic N) is 2. The van der Waals surface area contributed by atoms with Crippen LogP contribution in [0.25, 0.3) is 11.3 Å². The molecular weight excluding hydrogens is 350 g/mol. The van der Waals surface area contributed by atoms with Crippen LogP contribution in [0.2, 0.25) is 0 Å². The fourth-order valence-electron chi connectivity index (χ4n) is 2.41. The van der Waals surface area contributed by atoms with Gasteiger partial charge in [-0.05, 0) is 26.0 Å². The molecule has 0 radical (unpaired) electrons. The normalized spacial score (nSPS) is 11.1. The number of thiazole rings is 2. The summed E-state index contributed by atoms with van der Waals surface area (Å²) in [5.74, 6) is -0.00358. The van der Waals surface area contributed by atoms with Crippen LogP contribution in [0.4, 0.5) is 5.69 Å². The first-order chi connectivity index (χ1) is 11.9. The highest BCUT2D eigenvalue weighted by molar-refractivity contribution is 7.12. The lowest BCUT2D eigenvalue weighted by Gasteiger charge is -2.08. The molecule has 3 aromatic rings. The number of rotatable bonds is 5. The van der Waals surface area contributed by atoms with E-state index in [0.717, 1.165) is 39.1 Å². The fourth-order valence-corrected chi connectivity index (χ4v) is 4.23. The highest BCUT2D eigenvalue weighted by Crippen LogP contribution is 2.30. The standard InChI is InChI=1S/C19H21N3OS2/c1-11(2)19(23)21-15-7-5-14(6-8-15)18-13(4)25-17(22-18)9-16-20-12(3)10-24-16/h5-8,10-11H,9H2,1-4H3,(H,21,23). The Morgan fingerprint density at radius 3 is 2.44 bits per heavy atom. The lowest BCUT2D eigenvalue weighted by molar-refractivity contribution is -0.118. The van der Waals surface area contributed by atoms with Gasteiger partial charge in [-0.25, -0.2) is 9.97 Å². The van der Waals surface area contributed by atoms with E-state index in [2.05, 4.69) is 22.6 Å². The van der Waals surface area contributed by atoms with Crippen molar-refractivity contribution in [3.8, 4) is 11.3 Å². The second kappa shape index (κ2) is 7.45. The lowest BCUT2D eigenvalue weighted by atomic mass is 10.1. The van der Waals surface area contributed by atoms with Crippen LogP contribution in [0.1, 0.15) is 34.4 Å². The second-order valence-electron chi connectivity index (χ2n) is 6.29. The third kappa shape index (κ3) is 4.32. The summed E-state index contributed by atoms with van der Waals surface area (Å²) in [6.07, 6.45) is 0.784. The van der Waals surface area contributed by atoms with Gasteiger partial charge in [0, 0.05) is 33.1 Å². The van der Waals surface area contributed by atoms with E-state index in [1.807, 2.05) is 45.0 Å². The number of anilines is 1. The van der Waals surface area contributed by atoms with E-state index in [9.17, 15) is 4.79 Å². The van der Waals surface area contributed by atoms with Gasteiger partial charge in [-0.15, -0.1) is 22.7 Å². The number of hydrogen-bond acceptors (Lipinski definition) is 5. The van der Waals surface area contributed by atoms with Crippen molar-refractivity contribution >= 4 is 34.3 Å². The zero-order valence-corrected chi connectivity index (χ0v) is 16.4. The van der Waals surface area contributed by atoms with Gasteiger partial charge in [0.25, 0.3) is 0 Å². The molecule has 2 heterocycles. The van der Waals surface area contributed by atoms with E-state index < -0.39 is 0 Å². The molecule has 1 N–H and O–H groups in total. The van der Waals surface area contributed by atoms with Gasteiger partial charge in [-0.3, -0.25) is 4.79 Å². The summed E-state index contributed by atoms with van der Waals surface area (Å²) in [5, 5.41) is 7.17. The molecule has 0 saturated carbocycles. The van der Waals surface area contributed by atoms with E-state index >= 15 is 0 Å². The minimum atomic E-state index is -0.0301. The van der Waals surface area contributed by atoms with Crippen LogP contribution in [0, 0.1) is 19.8 Å². The SMILES string of the molecule is Cc1csc(Cc2nc(-c3ccc(NC(=O)C(C)C)cc3)c(C)s2)n1. The Balaban J connectivity index is 1.76. The topological polar surface area (TPSA) is 54.9 Å². The van der Waals surface area contributed by atoms with Crippen molar-refractivity contribution in [1.82, 2.24) is 9.97 Å². The summed E-state index contributed by atoms with van der Waals surface area (Å²) in [5.41, 5.74) is 3.95. The van der Waals surface area contributed by atoms with Crippen molar-refractivity contribution in [2.45, 2.75) is 34.1 Å². The first-order valence-electron chi connectivity index (χ1n) is 8.21. The van der Waals surface area contributed by atoms with Gasteiger partial charge in [0.05, 0.1) is 17.1 Å². The summed E-state index contributed by atoms with van der Waals surface area (Å²) < 4.78 is 0. The minimum absolute atomic E-state index is 0.0265. The monoisotopic (exact) mass is 371 g/mol. The van der Waals surface area contributed by atoms with Crippen LogP contribution in [0.3, 0.4) is 0 Å². The van der Waals surface area contributed by atoms with Crippen molar-refractivity contribution in [3.05, 3.63) is 50.2 Å². The molecule has 0 atom stereocenters. The van der Waals surface area contributed by atoms with E-state index in [-0.39, 0.29) is 11.8 Å². The summed E-state index contributed by atoms with van der Waals surface area (Å²) in [4.78, 5) is 22.3. The minimum Gasteiger partial charge on any atom is -0.326 e. The van der Waals surface area contributed by atoms with E-state index in [1.165, 1.54) is 4.88 Å². The number of hydrogen-bond donors (Lipinski definition) is 1. The number of carbonyl (C=O) groups is 1. The van der Waals surface area contributed by atoms with Crippen LogP contribution in [-0.2, 0) is 11.2 Å². The lowest BCUT2D eigenvalue weighted by Crippen LogP contribution is -2.17. The molecule has 0 fully saturated rings. The summed E-state index contributed by atoms with van der Waals surface area (Å²) in [6.45, 7) is 7.87. The fraction of sp³-hybridized carbons (Fsp3) is 0.316. The Hall–Kier alpha value is -2.05. The van der Waals surface area contributed by atoms with Gasteiger partial charge >= 0.3 is 0 Å². The summed E-state index contributed by atoms with van der Waals surface area (Å²) in [7, 11) is 0. The maximum absolute atomic E-state index is 11.8. The Morgan fingerprint density at radius 2 is 1.84 bits per heavy atom.